The number of para-hydroxylation sites is 1. The molecule has 0 fully saturated rings. The molecule has 5 rings (SSSR count). The lowest BCUT2D eigenvalue weighted by molar-refractivity contribution is 0.627. The molecule has 0 radical (unpaired) electrons. The number of hydrogen-bond donors (Lipinski definition) is 0. The van der Waals surface area contributed by atoms with E-state index in [1.807, 2.05) is 84.9 Å². The molecule has 4 nitrogen and oxygen atoms in total. The van der Waals surface area contributed by atoms with Gasteiger partial charge >= 0.3 is 0 Å². The summed E-state index contributed by atoms with van der Waals surface area (Å²) in [5, 5.41) is 8.76. The maximum atomic E-state index is 13.8. The highest BCUT2D eigenvalue weighted by atomic mass is 32.2. The average molecular weight is 454 g/mol. The zero-order valence-electron chi connectivity index (χ0n) is 17.6. The Hall–Kier alpha value is -3.90. The van der Waals surface area contributed by atoms with Crippen LogP contribution < -0.4 is 0 Å². The van der Waals surface area contributed by atoms with Gasteiger partial charge in [-0.3, -0.25) is 4.21 Å². The van der Waals surface area contributed by atoms with Crippen molar-refractivity contribution >= 4 is 33.1 Å². The minimum absolute atomic E-state index is 0.259. The summed E-state index contributed by atoms with van der Waals surface area (Å²) in [6.07, 6.45) is 0. The summed E-state index contributed by atoms with van der Waals surface area (Å²) in [6, 6.07) is 33.1. The third-order valence-corrected chi connectivity index (χ3v) is 6.72. The first kappa shape index (κ1) is 21.0. The first-order chi connectivity index (χ1) is 16.2. The molecule has 0 bridgehead atoms. The second kappa shape index (κ2) is 9.30. The quantitative estimate of drug-likeness (QED) is 0.306. The molecular weight excluding hydrogens is 433 g/mol. The predicted molar refractivity (Wildman–Crippen MR) is 130 cm³/mol. The van der Waals surface area contributed by atoms with E-state index in [0.29, 0.717) is 0 Å². The Morgan fingerprint density at radius 1 is 0.758 bits per heavy atom. The Labute approximate surface area is 193 Å². The van der Waals surface area contributed by atoms with Crippen molar-refractivity contribution < 1.29 is 8.60 Å². The van der Waals surface area contributed by atoms with Crippen LogP contribution in [0.3, 0.4) is 0 Å². The van der Waals surface area contributed by atoms with Crippen molar-refractivity contribution in [3.8, 4) is 0 Å². The number of aromatic nitrogens is 3. The van der Waals surface area contributed by atoms with Crippen molar-refractivity contribution in [1.29, 1.82) is 0 Å². The lowest BCUT2D eigenvalue weighted by atomic mass is 10.0. The van der Waals surface area contributed by atoms with Gasteiger partial charge in [0.25, 0.3) is 0 Å². The van der Waals surface area contributed by atoms with E-state index in [9.17, 15) is 8.60 Å². The highest BCUT2D eigenvalue weighted by Gasteiger charge is 2.20. The number of benzene rings is 4. The van der Waals surface area contributed by atoms with Crippen LogP contribution in [0.5, 0.6) is 0 Å². The summed E-state index contributed by atoms with van der Waals surface area (Å²) >= 11 is 0. The molecule has 6 heteroatoms. The van der Waals surface area contributed by atoms with Crippen molar-refractivity contribution in [3.63, 3.8) is 0 Å². The molecule has 1 heterocycles. The Bertz CT molecular complexity index is 1450. The highest BCUT2D eigenvalue weighted by Crippen LogP contribution is 2.31. The molecule has 1 aromatic heterocycles. The van der Waals surface area contributed by atoms with Crippen LogP contribution in [0.25, 0.3) is 22.3 Å². The third kappa shape index (κ3) is 4.38. The SMILES string of the molecule is O=S(C/C(=C(\c1ccc(F)cc1)n1nnc2ccccc21)c1ccccc1)c1ccccc1. The van der Waals surface area contributed by atoms with Crippen LogP contribution >= 0.6 is 0 Å². The molecule has 0 aliphatic carbocycles. The second-order valence-electron chi connectivity index (χ2n) is 7.49. The predicted octanol–water partition coefficient (Wildman–Crippen LogP) is 5.79. The van der Waals surface area contributed by atoms with Gasteiger partial charge in [0.2, 0.25) is 0 Å². The Kier molecular flexibility index (Phi) is 5.91. The minimum atomic E-state index is -1.30. The van der Waals surface area contributed by atoms with E-state index < -0.39 is 10.8 Å². The topological polar surface area (TPSA) is 47.8 Å². The molecule has 5 aromatic rings. The number of rotatable bonds is 6. The van der Waals surface area contributed by atoms with Crippen molar-refractivity contribution in [2.24, 2.45) is 0 Å². The summed E-state index contributed by atoms with van der Waals surface area (Å²) in [6.45, 7) is 0. The fraction of sp³-hybridized carbons (Fsp3) is 0.0370. The number of fused-ring (bicyclic) bond motifs is 1. The lowest BCUT2D eigenvalue weighted by Crippen LogP contribution is -2.10. The maximum Gasteiger partial charge on any atom is 0.123 e. The van der Waals surface area contributed by atoms with Crippen molar-refractivity contribution in [3.05, 3.63) is 126 Å². The average Bonchev–Trinajstić information content (AvgIpc) is 3.29. The van der Waals surface area contributed by atoms with E-state index in [-0.39, 0.29) is 11.6 Å². The zero-order chi connectivity index (χ0) is 22.6. The Morgan fingerprint density at radius 3 is 2.12 bits per heavy atom. The van der Waals surface area contributed by atoms with Crippen LogP contribution in [0.1, 0.15) is 11.1 Å². The van der Waals surface area contributed by atoms with Gasteiger partial charge in [-0.05, 0) is 59.7 Å². The van der Waals surface area contributed by atoms with Crippen molar-refractivity contribution in [2.75, 3.05) is 5.75 Å². The monoisotopic (exact) mass is 453 g/mol. The highest BCUT2D eigenvalue weighted by molar-refractivity contribution is 7.85. The molecule has 0 aliphatic rings. The van der Waals surface area contributed by atoms with Crippen LogP contribution in [0.4, 0.5) is 4.39 Å². The molecule has 0 saturated heterocycles. The normalized spacial score (nSPS) is 13.0. The largest absolute Gasteiger partial charge is 0.254 e. The van der Waals surface area contributed by atoms with Crippen LogP contribution in [0.15, 0.2) is 114 Å². The molecule has 0 saturated carbocycles. The molecule has 4 aromatic carbocycles. The van der Waals surface area contributed by atoms with Gasteiger partial charge in [0, 0.05) is 10.5 Å². The summed E-state index contributed by atoms with van der Waals surface area (Å²) in [4.78, 5) is 0.743. The van der Waals surface area contributed by atoms with Gasteiger partial charge in [0.05, 0.1) is 27.8 Å². The van der Waals surface area contributed by atoms with Crippen molar-refractivity contribution in [1.82, 2.24) is 15.0 Å². The maximum absolute atomic E-state index is 13.8. The van der Waals surface area contributed by atoms with Crippen LogP contribution in [-0.4, -0.2) is 25.0 Å². The zero-order valence-corrected chi connectivity index (χ0v) is 18.5. The molecule has 162 valence electrons. The molecule has 0 spiro atoms. The first-order valence-corrected chi connectivity index (χ1v) is 11.8. The van der Waals surface area contributed by atoms with E-state index in [1.54, 1.807) is 16.8 Å². The lowest BCUT2D eigenvalue weighted by Gasteiger charge is -2.17. The molecule has 33 heavy (non-hydrogen) atoms. The van der Waals surface area contributed by atoms with E-state index in [1.165, 1.54) is 12.1 Å². The van der Waals surface area contributed by atoms with Gasteiger partial charge in [-0.25, -0.2) is 9.07 Å². The molecule has 0 N–H and O–H groups in total. The van der Waals surface area contributed by atoms with Gasteiger partial charge in [0.1, 0.15) is 11.3 Å². The van der Waals surface area contributed by atoms with E-state index in [4.69, 9.17) is 0 Å². The van der Waals surface area contributed by atoms with E-state index in [0.717, 1.165) is 38.3 Å². The van der Waals surface area contributed by atoms with Gasteiger partial charge in [-0.1, -0.05) is 65.9 Å². The number of hydrogen-bond acceptors (Lipinski definition) is 3. The molecule has 1 atom stereocenters. The van der Waals surface area contributed by atoms with Crippen LogP contribution in [0.2, 0.25) is 0 Å². The fourth-order valence-electron chi connectivity index (χ4n) is 3.78. The fourth-order valence-corrected chi connectivity index (χ4v) is 4.97. The van der Waals surface area contributed by atoms with Gasteiger partial charge < -0.3 is 0 Å². The molecule has 1 unspecified atom stereocenters. The summed E-state index contributed by atoms with van der Waals surface area (Å²) < 4.78 is 29.0. The number of halogens is 1. The third-order valence-electron chi connectivity index (χ3n) is 5.37. The summed E-state index contributed by atoms with van der Waals surface area (Å²) in [5.41, 5.74) is 4.79. The van der Waals surface area contributed by atoms with Gasteiger partial charge in [-0.2, -0.15) is 0 Å². The van der Waals surface area contributed by atoms with Gasteiger partial charge in [0.15, 0.2) is 0 Å². The van der Waals surface area contributed by atoms with E-state index >= 15 is 0 Å². The Morgan fingerprint density at radius 2 is 1.39 bits per heavy atom. The number of nitrogens with zero attached hydrogens (tertiary/aromatic N) is 3. The first-order valence-electron chi connectivity index (χ1n) is 10.5. The molecule has 0 aliphatic heterocycles. The Balaban J connectivity index is 1.78. The van der Waals surface area contributed by atoms with Crippen LogP contribution in [0, 0.1) is 5.82 Å². The van der Waals surface area contributed by atoms with Crippen molar-refractivity contribution in [2.45, 2.75) is 4.90 Å². The standard InChI is InChI=1S/C27H20FN3OS/c28-22-17-15-21(16-18-22)27(31-26-14-8-7-13-25(26)29-30-31)24(20-9-3-1-4-10-20)19-33(32)23-11-5-2-6-12-23/h1-18H,19H2/b27-24-. The smallest absolute Gasteiger partial charge is 0.123 e. The minimum Gasteiger partial charge on any atom is -0.254 e. The van der Waals surface area contributed by atoms with Crippen LogP contribution in [-0.2, 0) is 10.8 Å². The summed E-state index contributed by atoms with van der Waals surface area (Å²) in [7, 11) is -1.30. The second-order valence-corrected chi connectivity index (χ2v) is 8.94. The van der Waals surface area contributed by atoms with E-state index in [2.05, 4.69) is 10.3 Å². The molecular formula is C27H20FN3OS. The van der Waals surface area contributed by atoms with Gasteiger partial charge in [-0.15, -0.1) is 5.10 Å². The molecule has 0 amide bonds. The summed E-state index contributed by atoms with van der Waals surface area (Å²) in [5.74, 6) is -0.0646.